The van der Waals surface area contributed by atoms with Gasteiger partial charge in [0.15, 0.2) is 0 Å². The summed E-state index contributed by atoms with van der Waals surface area (Å²) in [5.74, 6) is 0.232. The molecule has 0 aliphatic carbocycles. The minimum atomic E-state index is 0.232. The first kappa shape index (κ1) is 10.7. The molecule has 13 heavy (non-hydrogen) atoms. The zero-order valence-corrected chi connectivity index (χ0v) is 10.1. The van der Waals surface area contributed by atoms with Crippen LogP contribution >= 0.6 is 31.9 Å². The summed E-state index contributed by atoms with van der Waals surface area (Å²) in [6.07, 6.45) is 0.834. The van der Waals surface area contributed by atoms with Crippen molar-refractivity contribution in [1.82, 2.24) is 0 Å². The topological polar surface area (TPSA) is 32.6 Å². The maximum atomic E-state index is 9.43. The maximum absolute atomic E-state index is 9.43. The molecule has 1 rings (SSSR count). The summed E-state index contributed by atoms with van der Waals surface area (Å²) in [5.41, 5.74) is 1.11. The highest BCUT2D eigenvalue weighted by atomic mass is 79.9. The largest absolute Gasteiger partial charge is 0.506 e. The highest BCUT2D eigenvalue weighted by molar-refractivity contribution is 9.11. The van der Waals surface area contributed by atoms with Crippen molar-refractivity contribution in [2.75, 3.05) is 6.54 Å². The lowest BCUT2D eigenvalue weighted by Crippen LogP contribution is -1.89. The molecule has 0 heterocycles. The zero-order chi connectivity index (χ0) is 9.84. The third-order valence-electron chi connectivity index (χ3n) is 1.64. The molecule has 1 N–H and O–H groups in total. The standard InChI is InChI=1S/C9H9Br2NO/c1-12-3-2-6-4-7(10)9(13)8(11)5-6/h4-5,13H,1-3H2. The number of phenolic OH excluding ortho intramolecular Hbond substituents is 1. The van der Waals surface area contributed by atoms with Crippen molar-refractivity contribution < 1.29 is 5.11 Å². The van der Waals surface area contributed by atoms with E-state index in [1.165, 1.54) is 0 Å². The summed E-state index contributed by atoms with van der Waals surface area (Å²) in [6, 6.07) is 3.76. The zero-order valence-electron chi connectivity index (χ0n) is 6.93. The fraction of sp³-hybridized carbons (Fsp3) is 0.222. The van der Waals surface area contributed by atoms with E-state index in [0.29, 0.717) is 15.5 Å². The minimum absolute atomic E-state index is 0.232. The molecule has 0 spiro atoms. The van der Waals surface area contributed by atoms with Gasteiger partial charge in [0.2, 0.25) is 0 Å². The van der Waals surface area contributed by atoms with Crippen LogP contribution in [0.2, 0.25) is 0 Å². The van der Waals surface area contributed by atoms with Crippen molar-refractivity contribution >= 4 is 38.6 Å². The Hall–Kier alpha value is -0.350. The van der Waals surface area contributed by atoms with E-state index in [0.717, 1.165) is 12.0 Å². The third-order valence-corrected chi connectivity index (χ3v) is 2.84. The molecule has 4 heteroatoms. The smallest absolute Gasteiger partial charge is 0.143 e. The number of phenols is 1. The van der Waals surface area contributed by atoms with E-state index in [-0.39, 0.29) is 5.75 Å². The van der Waals surface area contributed by atoms with Crippen LogP contribution in [0.3, 0.4) is 0 Å². The van der Waals surface area contributed by atoms with E-state index in [1.807, 2.05) is 12.1 Å². The summed E-state index contributed by atoms with van der Waals surface area (Å²) in [4.78, 5) is 3.77. The Morgan fingerprint density at radius 2 is 1.85 bits per heavy atom. The van der Waals surface area contributed by atoms with Crippen LogP contribution in [-0.2, 0) is 6.42 Å². The molecule has 0 aliphatic heterocycles. The van der Waals surface area contributed by atoms with Crippen LogP contribution in [0.5, 0.6) is 5.75 Å². The molecule has 0 aliphatic rings. The van der Waals surface area contributed by atoms with E-state index in [2.05, 4.69) is 43.6 Å². The van der Waals surface area contributed by atoms with Gasteiger partial charge in [-0.25, -0.2) is 0 Å². The molecule has 0 radical (unpaired) electrons. The summed E-state index contributed by atoms with van der Waals surface area (Å²) in [5, 5.41) is 9.43. The second-order valence-electron chi connectivity index (χ2n) is 2.61. The summed E-state index contributed by atoms with van der Waals surface area (Å²) in [6.45, 7) is 4.11. The lowest BCUT2D eigenvalue weighted by atomic mass is 10.1. The van der Waals surface area contributed by atoms with E-state index < -0.39 is 0 Å². The van der Waals surface area contributed by atoms with Crippen LogP contribution in [0.4, 0.5) is 0 Å². The number of rotatable bonds is 3. The van der Waals surface area contributed by atoms with Crippen LogP contribution in [0.1, 0.15) is 5.56 Å². The summed E-state index contributed by atoms with van der Waals surface area (Å²) in [7, 11) is 0. The van der Waals surface area contributed by atoms with Crippen molar-refractivity contribution in [3.8, 4) is 5.75 Å². The lowest BCUT2D eigenvalue weighted by Gasteiger charge is -2.04. The number of hydrogen-bond acceptors (Lipinski definition) is 2. The van der Waals surface area contributed by atoms with Crippen LogP contribution in [0, 0.1) is 0 Å². The van der Waals surface area contributed by atoms with Crippen molar-refractivity contribution in [3.63, 3.8) is 0 Å². The lowest BCUT2D eigenvalue weighted by molar-refractivity contribution is 0.468. The van der Waals surface area contributed by atoms with Gasteiger partial charge < -0.3 is 10.1 Å². The Labute approximate surface area is 94.0 Å². The van der Waals surface area contributed by atoms with Crippen molar-refractivity contribution in [1.29, 1.82) is 0 Å². The highest BCUT2D eigenvalue weighted by Gasteiger charge is 2.04. The van der Waals surface area contributed by atoms with E-state index >= 15 is 0 Å². The average molecular weight is 307 g/mol. The first-order chi connectivity index (χ1) is 6.15. The number of benzene rings is 1. The predicted octanol–water partition coefficient (Wildman–Crippen LogP) is 3.16. The second-order valence-corrected chi connectivity index (χ2v) is 4.31. The number of aromatic hydroxyl groups is 1. The van der Waals surface area contributed by atoms with Gasteiger partial charge in [-0.15, -0.1) is 0 Å². The third kappa shape index (κ3) is 2.81. The van der Waals surface area contributed by atoms with Gasteiger partial charge in [-0.2, -0.15) is 0 Å². The van der Waals surface area contributed by atoms with Crippen LogP contribution in [0.25, 0.3) is 0 Å². The Morgan fingerprint density at radius 1 is 1.31 bits per heavy atom. The molecule has 70 valence electrons. The number of halogens is 2. The van der Waals surface area contributed by atoms with Gasteiger partial charge in [-0.3, -0.25) is 0 Å². The molecule has 0 unspecified atom stereocenters. The molecule has 0 atom stereocenters. The molecular formula is C9H9Br2NO. The monoisotopic (exact) mass is 305 g/mol. The fourth-order valence-electron chi connectivity index (χ4n) is 0.970. The van der Waals surface area contributed by atoms with Gasteiger partial charge in [0.05, 0.1) is 8.95 Å². The Bertz CT molecular complexity index is 302. The Balaban J connectivity index is 2.92. The SMILES string of the molecule is C=NCCc1cc(Br)c(O)c(Br)c1. The van der Waals surface area contributed by atoms with Gasteiger partial charge in [0.1, 0.15) is 5.75 Å². The van der Waals surface area contributed by atoms with Gasteiger partial charge in [0, 0.05) is 6.54 Å². The van der Waals surface area contributed by atoms with Crippen molar-refractivity contribution in [2.24, 2.45) is 4.99 Å². The number of nitrogens with zero attached hydrogens (tertiary/aromatic N) is 1. The van der Waals surface area contributed by atoms with Gasteiger partial charge in [0.25, 0.3) is 0 Å². The Kier molecular flexibility index (Phi) is 3.93. The first-order valence-electron chi connectivity index (χ1n) is 3.74. The van der Waals surface area contributed by atoms with Crippen LogP contribution in [-0.4, -0.2) is 18.4 Å². The van der Waals surface area contributed by atoms with Gasteiger partial charge >= 0.3 is 0 Å². The molecule has 0 saturated carbocycles. The van der Waals surface area contributed by atoms with Gasteiger partial charge in [-0.1, -0.05) is 0 Å². The van der Waals surface area contributed by atoms with Crippen LogP contribution < -0.4 is 0 Å². The predicted molar refractivity (Wildman–Crippen MR) is 61.6 cm³/mol. The fourth-order valence-corrected chi connectivity index (χ4v) is 2.25. The molecule has 0 saturated heterocycles. The van der Waals surface area contributed by atoms with E-state index in [1.54, 1.807) is 0 Å². The molecular weight excluding hydrogens is 298 g/mol. The molecule has 0 amide bonds. The molecule has 1 aromatic rings. The summed E-state index contributed by atoms with van der Waals surface area (Å²) >= 11 is 6.53. The maximum Gasteiger partial charge on any atom is 0.143 e. The number of hydrogen-bond donors (Lipinski definition) is 1. The van der Waals surface area contributed by atoms with Gasteiger partial charge in [-0.05, 0) is 62.7 Å². The number of aliphatic imine (C=N–C) groups is 1. The van der Waals surface area contributed by atoms with Crippen LogP contribution in [0.15, 0.2) is 26.1 Å². The first-order valence-corrected chi connectivity index (χ1v) is 5.33. The molecule has 1 aromatic carbocycles. The normalized spacial score (nSPS) is 10.0. The second kappa shape index (κ2) is 4.77. The summed E-state index contributed by atoms with van der Waals surface area (Å²) < 4.78 is 1.39. The van der Waals surface area contributed by atoms with Crippen molar-refractivity contribution in [3.05, 3.63) is 26.6 Å². The molecule has 0 fully saturated rings. The minimum Gasteiger partial charge on any atom is -0.506 e. The quantitative estimate of drug-likeness (QED) is 0.855. The molecule has 0 aromatic heterocycles. The average Bonchev–Trinajstić information content (AvgIpc) is 2.10. The molecule has 0 bridgehead atoms. The Morgan fingerprint density at radius 3 is 2.31 bits per heavy atom. The van der Waals surface area contributed by atoms with E-state index in [9.17, 15) is 5.11 Å². The highest BCUT2D eigenvalue weighted by Crippen LogP contribution is 2.33. The van der Waals surface area contributed by atoms with Crippen molar-refractivity contribution in [2.45, 2.75) is 6.42 Å². The van der Waals surface area contributed by atoms with E-state index in [4.69, 9.17) is 0 Å². The molecule has 2 nitrogen and oxygen atoms in total.